The first-order chi connectivity index (χ1) is 13.0. The fourth-order valence-corrected chi connectivity index (χ4v) is 3.84. The molecule has 3 aromatic rings. The van der Waals surface area contributed by atoms with Crippen LogP contribution in [0.2, 0.25) is 0 Å². The van der Waals surface area contributed by atoms with Crippen molar-refractivity contribution in [2.75, 3.05) is 0 Å². The van der Waals surface area contributed by atoms with Gasteiger partial charge in [-0.2, -0.15) is 5.10 Å². The van der Waals surface area contributed by atoms with Gasteiger partial charge in [-0.05, 0) is 54.0 Å². The van der Waals surface area contributed by atoms with E-state index in [0.29, 0.717) is 6.04 Å². The van der Waals surface area contributed by atoms with E-state index in [1.54, 1.807) is 0 Å². The number of aromatic nitrogens is 3. The van der Waals surface area contributed by atoms with Crippen molar-refractivity contribution in [2.24, 2.45) is 0 Å². The van der Waals surface area contributed by atoms with E-state index < -0.39 is 0 Å². The molecule has 1 aliphatic carbocycles. The summed E-state index contributed by atoms with van der Waals surface area (Å²) < 4.78 is 2.12. The number of benzene rings is 1. The molecule has 4 heteroatoms. The van der Waals surface area contributed by atoms with Gasteiger partial charge in [0.2, 0.25) is 0 Å². The molecule has 140 valence electrons. The van der Waals surface area contributed by atoms with Crippen LogP contribution in [-0.2, 0) is 18.4 Å². The van der Waals surface area contributed by atoms with Crippen LogP contribution in [-0.4, -0.2) is 14.8 Å². The van der Waals surface area contributed by atoms with Crippen LogP contribution in [0, 0.1) is 0 Å². The molecule has 1 unspecified atom stereocenters. The average molecular weight is 361 g/mol. The zero-order valence-electron chi connectivity index (χ0n) is 16.4. The summed E-state index contributed by atoms with van der Waals surface area (Å²) in [6.45, 7) is 7.58. The van der Waals surface area contributed by atoms with E-state index in [-0.39, 0.29) is 5.41 Å². The Morgan fingerprint density at radius 2 is 1.93 bits per heavy atom. The molecule has 0 radical (unpaired) electrons. The van der Waals surface area contributed by atoms with Gasteiger partial charge >= 0.3 is 0 Å². The Kier molecular flexibility index (Phi) is 4.83. The predicted molar refractivity (Wildman–Crippen MR) is 109 cm³/mol. The molecular formula is C23H28N4. The van der Waals surface area contributed by atoms with Crippen molar-refractivity contribution in [3.63, 3.8) is 0 Å². The van der Waals surface area contributed by atoms with Crippen molar-refractivity contribution < 1.29 is 0 Å². The van der Waals surface area contributed by atoms with E-state index in [4.69, 9.17) is 5.10 Å². The van der Waals surface area contributed by atoms with Gasteiger partial charge in [0.15, 0.2) is 0 Å². The summed E-state index contributed by atoms with van der Waals surface area (Å²) in [5, 5.41) is 8.42. The third kappa shape index (κ3) is 3.81. The van der Waals surface area contributed by atoms with E-state index in [1.165, 1.54) is 28.8 Å². The van der Waals surface area contributed by atoms with Gasteiger partial charge in [-0.15, -0.1) is 0 Å². The van der Waals surface area contributed by atoms with Gasteiger partial charge in [-0.25, -0.2) is 4.68 Å². The summed E-state index contributed by atoms with van der Waals surface area (Å²) in [6, 6.07) is 13.3. The molecule has 0 aliphatic heterocycles. The minimum Gasteiger partial charge on any atom is -0.306 e. The van der Waals surface area contributed by atoms with Crippen LogP contribution in [0.25, 0.3) is 5.69 Å². The number of nitrogens with one attached hydrogen (secondary N) is 1. The van der Waals surface area contributed by atoms with Gasteiger partial charge in [0.05, 0.1) is 11.9 Å². The van der Waals surface area contributed by atoms with Gasteiger partial charge in [-0.3, -0.25) is 4.98 Å². The minimum absolute atomic E-state index is 0.170. The van der Waals surface area contributed by atoms with Crippen molar-refractivity contribution >= 4 is 0 Å². The third-order valence-corrected chi connectivity index (χ3v) is 5.44. The highest BCUT2D eigenvalue weighted by atomic mass is 15.3. The van der Waals surface area contributed by atoms with E-state index in [1.807, 2.05) is 24.7 Å². The van der Waals surface area contributed by atoms with Crippen molar-refractivity contribution in [3.8, 4) is 5.69 Å². The lowest BCUT2D eigenvalue weighted by atomic mass is 9.87. The Bertz CT molecular complexity index is 888. The van der Waals surface area contributed by atoms with E-state index in [9.17, 15) is 0 Å². The Balaban J connectivity index is 1.55. The minimum atomic E-state index is 0.170. The average Bonchev–Trinajstić information content (AvgIpc) is 3.11. The van der Waals surface area contributed by atoms with Crippen LogP contribution in [0.5, 0.6) is 0 Å². The molecule has 2 heterocycles. The zero-order chi connectivity index (χ0) is 18.9. The van der Waals surface area contributed by atoms with Gasteiger partial charge in [0.1, 0.15) is 0 Å². The van der Waals surface area contributed by atoms with Crippen molar-refractivity contribution in [1.29, 1.82) is 0 Å². The zero-order valence-corrected chi connectivity index (χ0v) is 16.4. The van der Waals surface area contributed by atoms with E-state index >= 15 is 0 Å². The summed E-state index contributed by atoms with van der Waals surface area (Å²) in [5.74, 6) is 0. The molecule has 1 atom stereocenters. The number of rotatable bonds is 4. The Hall–Kier alpha value is -2.46. The molecule has 2 aromatic heterocycles. The quantitative estimate of drug-likeness (QED) is 0.731. The molecule has 1 N–H and O–H groups in total. The second-order valence-electron chi connectivity index (χ2n) is 8.44. The summed E-state index contributed by atoms with van der Waals surface area (Å²) in [7, 11) is 0. The molecule has 1 aromatic carbocycles. The first kappa shape index (κ1) is 17.9. The maximum atomic E-state index is 4.73. The lowest BCUT2D eigenvalue weighted by Gasteiger charge is -2.24. The highest BCUT2D eigenvalue weighted by molar-refractivity contribution is 5.40. The highest BCUT2D eigenvalue weighted by Gasteiger charge is 2.24. The monoisotopic (exact) mass is 360 g/mol. The fourth-order valence-electron chi connectivity index (χ4n) is 3.84. The molecule has 0 spiro atoms. The SMILES string of the molecule is CC(C)(C)c1ccc(-n2ncc3c2CCCC3NCc2cccnc2)cc1. The smallest absolute Gasteiger partial charge is 0.0649 e. The second kappa shape index (κ2) is 7.28. The first-order valence-electron chi connectivity index (χ1n) is 9.82. The van der Waals surface area contributed by atoms with Gasteiger partial charge in [-0.1, -0.05) is 39.0 Å². The number of fused-ring (bicyclic) bond motifs is 1. The van der Waals surface area contributed by atoms with Crippen LogP contribution >= 0.6 is 0 Å². The topological polar surface area (TPSA) is 42.7 Å². The first-order valence-corrected chi connectivity index (χ1v) is 9.82. The molecule has 0 saturated carbocycles. The van der Waals surface area contributed by atoms with Crippen LogP contribution in [0.1, 0.15) is 62.0 Å². The molecule has 27 heavy (non-hydrogen) atoms. The van der Waals surface area contributed by atoms with Crippen LogP contribution in [0.4, 0.5) is 0 Å². The summed E-state index contributed by atoms with van der Waals surface area (Å²) in [6.07, 6.45) is 9.22. The van der Waals surface area contributed by atoms with E-state index in [0.717, 1.165) is 25.1 Å². The lowest BCUT2D eigenvalue weighted by molar-refractivity contribution is 0.454. The molecule has 0 amide bonds. The molecule has 4 rings (SSSR count). The van der Waals surface area contributed by atoms with Crippen LogP contribution in [0.3, 0.4) is 0 Å². The van der Waals surface area contributed by atoms with Crippen molar-refractivity contribution in [3.05, 3.63) is 77.4 Å². The number of nitrogens with zero attached hydrogens (tertiary/aromatic N) is 3. The molecule has 0 fully saturated rings. The van der Waals surface area contributed by atoms with Gasteiger partial charge in [0, 0.05) is 36.2 Å². The normalized spacial score (nSPS) is 16.9. The molecule has 0 bridgehead atoms. The van der Waals surface area contributed by atoms with Gasteiger partial charge < -0.3 is 5.32 Å². The molecule has 4 nitrogen and oxygen atoms in total. The fraction of sp³-hybridized carbons (Fsp3) is 0.391. The molecule has 0 saturated heterocycles. The standard InChI is InChI=1S/C23H28N4/c1-23(2,3)18-9-11-19(12-10-18)27-22-8-4-7-21(20(22)16-26-27)25-15-17-6-5-13-24-14-17/h5-6,9-14,16,21,25H,4,7-8,15H2,1-3H3. The number of hydrogen-bond donors (Lipinski definition) is 1. The molecular weight excluding hydrogens is 332 g/mol. The maximum absolute atomic E-state index is 4.73. The lowest BCUT2D eigenvalue weighted by Crippen LogP contribution is -2.25. The van der Waals surface area contributed by atoms with Crippen LogP contribution in [0.15, 0.2) is 55.0 Å². The Morgan fingerprint density at radius 1 is 1.11 bits per heavy atom. The van der Waals surface area contributed by atoms with Crippen LogP contribution < -0.4 is 5.32 Å². The summed E-state index contributed by atoms with van der Waals surface area (Å²) in [5.41, 5.74) is 6.57. The summed E-state index contributed by atoms with van der Waals surface area (Å²) in [4.78, 5) is 4.20. The van der Waals surface area contributed by atoms with Crippen molar-refractivity contribution in [1.82, 2.24) is 20.1 Å². The highest BCUT2D eigenvalue weighted by Crippen LogP contribution is 2.32. The predicted octanol–water partition coefficient (Wildman–Crippen LogP) is 4.73. The largest absolute Gasteiger partial charge is 0.306 e. The molecule has 1 aliphatic rings. The third-order valence-electron chi connectivity index (χ3n) is 5.44. The van der Waals surface area contributed by atoms with Crippen molar-refractivity contribution in [2.45, 2.75) is 58.0 Å². The summed E-state index contributed by atoms with van der Waals surface area (Å²) >= 11 is 0. The number of pyridine rings is 1. The Morgan fingerprint density at radius 3 is 2.63 bits per heavy atom. The Labute approximate surface area is 161 Å². The van der Waals surface area contributed by atoms with E-state index in [2.05, 4.69) is 66.1 Å². The number of hydrogen-bond acceptors (Lipinski definition) is 3. The second-order valence-corrected chi connectivity index (χ2v) is 8.44. The van der Waals surface area contributed by atoms with Gasteiger partial charge in [0.25, 0.3) is 0 Å². The maximum Gasteiger partial charge on any atom is 0.0649 e.